The number of anilines is 1. The van der Waals surface area contributed by atoms with Crippen molar-refractivity contribution in [3.8, 4) is 0 Å². The summed E-state index contributed by atoms with van der Waals surface area (Å²) in [5.41, 5.74) is 1.11. The van der Waals surface area contributed by atoms with E-state index in [1.54, 1.807) is 0 Å². The Hall–Kier alpha value is -1.16. The lowest BCUT2D eigenvalue weighted by Crippen LogP contribution is -2.36. The average Bonchev–Trinajstić information content (AvgIpc) is 2.94. The third-order valence-corrected chi connectivity index (χ3v) is 4.15. The molecule has 2 fully saturated rings. The molecule has 4 nitrogen and oxygen atoms in total. The van der Waals surface area contributed by atoms with Crippen molar-refractivity contribution in [2.75, 3.05) is 18.1 Å². The molecule has 2 aliphatic rings. The van der Waals surface area contributed by atoms with Crippen LogP contribution in [0.15, 0.2) is 12.4 Å². The predicted octanol–water partition coefficient (Wildman–Crippen LogP) is 2.42. The van der Waals surface area contributed by atoms with Crippen molar-refractivity contribution < 1.29 is 4.74 Å². The first-order valence-electron chi connectivity index (χ1n) is 7.32. The maximum atomic E-state index is 6.13. The van der Waals surface area contributed by atoms with Crippen LogP contribution in [-0.2, 0) is 4.74 Å². The highest BCUT2D eigenvalue weighted by Gasteiger charge is 2.48. The van der Waals surface area contributed by atoms with Gasteiger partial charge < -0.3 is 9.64 Å². The van der Waals surface area contributed by atoms with Crippen LogP contribution in [-0.4, -0.2) is 35.3 Å². The molecular weight excluding hydrogens is 238 g/mol. The number of piperidine rings is 1. The second-order valence-corrected chi connectivity index (χ2v) is 6.31. The molecule has 1 saturated carbocycles. The molecule has 0 spiro atoms. The minimum Gasteiger partial charge on any atom is -0.375 e. The van der Waals surface area contributed by atoms with Crippen LogP contribution < -0.4 is 4.90 Å². The van der Waals surface area contributed by atoms with Crippen LogP contribution in [0.4, 0.5) is 5.95 Å². The zero-order valence-electron chi connectivity index (χ0n) is 12.0. The van der Waals surface area contributed by atoms with Crippen LogP contribution in [0.2, 0.25) is 0 Å². The molecule has 2 heterocycles. The lowest BCUT2D eigenvalue weighted by molar-refractivity contribution is 0.0230. The van der Waals surface area contributed by atoms with Gasteiger partial charge in [-0.3, -0.25) is 0 Å². The van der Waals surface area contributed by atoms with Gasteiger partial charge in [-0.25, -0.2) is 9.97 Å². The first kappa shape index (κ1) is 12.9. The summed E-state index contributed by atoms with van der Waals surface area (Å²) in [5, 5.41) is 0. The average molecular weight is 261 g/mol. The Bertz CT molecular complexity index is 432. The fraction of sp³-hybridized carbons (Fsp3) is 0.733. The van der Waals surface area contributed by atoms with E-state index in [9.17, 15) is 0 Å². The van der Waals surface area contributed by atoms with E-state index in [0.717, 1.165) is 24.7 Å². The topological polar surface area (TPSA) is 38.2 Å². The third-order valence-electron chi connectivity index (χ3n) is 4.15. The highest BCUT2D eigenvalue weighted by Crippen LogP contribution is 2.41. The van der Waals surface area contributed by atoms with Crippen molar-refractivity contribution in [2.45, 2.75) is 45.8 Å². The Morgan fingerprint density at radius 3 is 2.74 bits per heavy atom. The van der Waals surface area contributed by atoms with E-state index in [1.165, 1.54) is 12.8 Å². The smallest absolute Gasteiger partial charge is 0.225 e. The molecule has 19 heavy (non-hydrogen) atoms. The van der Waals surface area contributed by atoms with Crippen LogP contribution in [0.25, 0.3) is 0 Å². The Morgan fingerprint density at radius 2 is 2.05 bits per heavy atom. The van der Waals surface area contributed by atoms with E-state index in [2.05, 4.69) is 28.7 Å². The van der Waals surface area contributed by atoms with Crippen molar-refractivity contribution >= 4 is 5.95 Å². The van der Waals surface area contributed by atoms with Gasteiger partial charge in [-0.1, -0.05) is 13.8 Å². The summed E-state index contributed by atoms with van der Waals surface area (Å²) in [7, 11) is 0. The van der Waals surface area contributed by atoms with Gasteiger partial charge in [-0.2, -0.15) is 0 Å². The van der Waals surface area contributed by atoms with Crippen LogP contribution in [0.1, 0.15) is 32.3 Å². The number of ether oxygens (including phenoxy) is 1. The summed E-state index contributed by atoms with van der Waals surface area (Å²) in [6, 6.07) is 0.478. The Morgan fingerprint density at radius 1 is 1.32 bits per heavy atom. The maximum absolute atomic E-state index is 6.13. The number of aryl methyl sites for hydroxylation is 1. The second-order valence-electron chi connectivity index (χ2n) is 6.31. The van der Waals surface area contributed by atoms with Crippen molar-refractivity contribution in [3.05, 3.63) is 18.0 Å². The fourth-order valence-electron chi connectivity index (χ4n) is 3.26. The normalized spacial score (nSPS) is 29.5. The lowest BCUT2D eigenvalue weighted by atomic mass is 10.1. The molecule has 0 radical (unpaired) electrons. The molecule has 0 N–H and O–H groups in total. The minimum absolute atomic E-state index is 0.382. The van der Waals surface area contributed by atoms with Gasteiger partial charge in [0.25, 0.3) is 0 Å². The van der Waals surface area contributed by atoms with Crippen molar-refractivity contribution in [3.63, 3.8) is 0 Å². The molecule has 1 saturated heterocycles. The molecule has 104 valence electrons. The predicted molar refractivity (Wildman–Crippen MR) is 75.2 cm³/mol. The summed E-state index contributed by atoms with van der Waals surface area (Å²) in [4.78, 5) is 11.3. The van der Waals surface area contributed by atoms with E-state index < -0.39 is 0 Å². The van der Waals surface area contributed by atoms with Gasteiger partial charge in [0.2, 0.25) is 5.95 Å². The first-order valence-corrected chi connectivity index (χ1v) is 7.32. The molecule has 3 rings (SSSR count). The highest BCUT2D eigenvalue weighted by molar-refractivity contribution is 5.37. The third kappa shape index (κ3) is 2.46. The van der Waals surface area contributed by atoms with Crippen LogP contribution >= 0.6 is 0 Å². The van der Waals surface area contributed by atoms with Gasteiger partial charge in [0, 0.05) is 31.5 Å². The number of aromatic nitrogens is 2. The highest BCUT2D eigenvalue weighted by atomic mass is 16.5. The van der Waals surface area contributed by atoms with E-state index >= 15 is 0 Å². The standard InChI is InChI=1S/C15H23N3O/c1-10(2)9-19-14-12-4-5-13(14)18(8-12)15-16-6-11(3)7-17-15/h6-7,10,12-14H,4-5,8-9H2,1-3H3/t12-,13+,14-/m1/s1. The summed E-state index contributed by atoms with van der Waals surface area (Å²) >= 11 is 0. The number of hydrogen-bond acceptors (Lipinski definition) is 4. The van der Waals surface area contributed by atoms with Gasteiger partial charge >= 0.3 is 0 Å². The van der Waals surface area contributed by atoms with Crippen molar-refractivity contribution in [1.29, 1.82) is 0 Å². The zero-order valence-corrected chi connectivity index (χ0v) is 12.0. The van der Waals surface area contributed by atoms with Crippen molar-refractivity contribution in [1.82, 2.24) is 9.97 Å². The number of rotatable bonds is 4. The molecule has 1 aliphatic heterocycles. The van der Waals surface area contributed by atoms with Gasteiger partial charge in [-0.15, -0.1) is 0 Å². The Labute approximate surface area is 115 Å². The second kappa shape index (κ2) is 5.08. The SMILES string of the molecule is Cc1cnc(N2C[C@H]3CC[C@H]2[C@@H]3OCC(C)C)nc1. The maximum Gasteiger partial charge on any atom is 0.225 e. The largest absolute Gasteiger partial charge is 0.375 e. The molecule has 0 amide bonds. The molecule has 1 aliphatic carbocycles. The monoisotopic (exact) mass is 261 g/mol. The number of nitrogens with zero attached hydrogens (tertiary/aromatic N) is 3. The van der Waals surface area contributed by atoms with E-state index in [0.29, 0.717) is 24.0 Å². The molecule has 0 aromatic carbocycles. The molecule has 1 aromatic heterocycles. The Balaban J connectivity index is 1.71. The van der Waals surface area contributed by atoms with Crippen LogP contribution in [0.3, 0.4) is 0 Å². The van der Waals surface area contributed by atoms with Gasteiger partial charge in [0.15, 0.2) is 0 Å². The number of fused-ring (bicyclic) bond motifs is 2. The van der Waals surface area contributed by atoms with E-state index in [4.69, 9.17) is 4.74 Å². The summed E-state index contributed by atoms with van der Waals surface area (Å²) in [5.74, 6) is 2.13. The Kier molecular flexibility index (Phi) is 3.44. The molecule has 3 atom stereocenters. The van der Waals surface area contributed by atoms with E-state index in [1.807, 2.05) is 19.3 Å². The summed E-state index contributed by atoms with van der Waals surface area (Å²) < 4.78 is 6.13. The van der Waals surface area contributed by atoms with E-state index in [-0.39, 0.29) is 0 Å². The first-order chi connectivity index (χ1) is 9.15. The lowest BCUT2D eigenvalue weighted by Gasteiger charge is -2.27. The summed E-state index contributed by atoms with van der Waals surface area (Å²) in [6.45, 7) is 8.35. The number of hydrogen-bond donors (Lipinski definition) is 0. The molecule has 2 bridgehead atoms. The molecular formula is C15H23N3O. The molecule has 1 aromatic rings. The van der Waals surface area contributed by atoms with Gasteiger partial charge in [0.1, 0.15) is 0 Å². The molecule has 0 unspecified atom stereocenters. The summed E-state index contributed by atoms with van der Waals surface area (Å²) in [6.07, 6.45) is 6.68. The zero-order chi connectivity index (χ0) is 13.4. The quantitative estimate of drug-likeness (QED) is 0.834. The van der Waals surface area contributed by atoms with Gasteiger partial charge in [-0.05, 0) is 31.2 Å². The van der Waals surface area contributed by atoms with Crippen LogP contribution in [0, 0.1) is 18.8 Å². The van der Waals surface area contributed by atoms with Crippen molar-refractivity contribution in [2.24, 2.45) is 11.8 Å². The van der Waals surface area contributed by atoms with Crippen LogP contribution in [0.5, 0.6) is 0 Å². The van der Waals surface area contributed by atoms with Gasteiger partial charge in [0.05, 0.1) is 12.1 Å². The molecule has 4 heteroatoms. The fourth-order valence-corrected chi connectivity index (χ4v) is 3.26. The minimum atomic E-state index is 0.382.